The van der Waals surface area contributed by atoms with Crippen LogP contribution in [-0.4, -0.2) is 16.1 Å². The second-order valence-corrected chi connectivity index (χ2v) is 4.66. The number of carboxylic acid groups (broad SMARTS) is 1. The minimum Gasteiger partial charge on any atom is -0.486 e. The monoisotopic (exact) mass is 267 g/mol. The molecule has 0 atom stereocenters. The topological polar surface area (TPSA) is 59.4 Å². The Hall–Kier alpha value is -1.95. The van der Waals surface area contributed by atoms with Gasteiger partial charge < -0.3 is 9.84 Å². The van der Waals surface area contributed by atoms with Gasteiger partial charge >= 0.3 is 5.97 Å². The molecule has 0 saturated heterocycles. The molecule has 0 unspecified atom stereocenters. The maximum atomic E-state index is 12.9. The van der Waals surface area contributed by atoms with Crippen molar-refractivity contribution in [2.24, 2.45) is 0 Å². The first kappa shape index (κ1) is 12.5. The Labute approximate surface area is 107 Å². The highest BCUT2D eigenvalue weighted by molar-refractivity contribution is 7.13. The van der Waals surface area contributed by atoms with Gasteiger partial charge in [-0.05, 0) is 19.1 Å². The van der Waals surface area contributed by atoms with Crippen LogP contribution in [0.3, 0.4) is 0 Å². The highest BCUT2D eigenvalue weighted by Crippen LogP contribution is 2.20. The number of hydrogen-bond donors (Lipinski definition) is 1. The van der Waals surface area contributed by atoms with Crippen LogP contribution in [0.2, 0.25) is 0 Å². The first-order valence-corrected chi connectivity index (χ1v) is 5.96. The lowest BCUT2D eigenvalue weighted by Gasteiger charge is -2.03. The number of carbonyl (C=O) groups is 1. The molecule has 1 aromatic carbocycles. The van der Waals surface area contributed by atoms with E-state index in [-0.39, 0.29) is 17.3 Å². The average Bonchev–Trinajstić information content (AvgIpc) is 2.68. The molecule has 2 rings (SSSR count). The predicted molar refractivity (Wildman–Crippen MR) is 64.5 cm³/mol. The number of aromatic nitrogens is 1. The molecule has 0 spiro atoms. The first-order chi connectivity index (χ1) is 8.56. The maximum Gasteiger partial charge on any atom is 0.347 e. The average molecular weight is 267 g/mol. The van der Waals surface area contributed by atoms with Crippen LogP contribution in [0.15, 0.2) is 24.3 Å². The summed E-state index contributed by atoms with van der Waals surface area (Å²) in [6.45, 7) is 1.76. The van der Waals surface area contributed by atoms with E-state index in [0.717, 1.165) is 11.3 Å². The summed E-state index contributed by atoms with van der Waals surface area (Å²) >= 11 is 1.06. The molecule has 6 heteroatoms. The summed E-state index contributed by atoms with van der Waals surface area (Å²) in [7, 11) is 0. The van der Waals surface area contributed by atoms with E-state index < -0.39 is 5.97 Å². The molecule has 2 aromatic rings. The van der Waals surface area contributed by atoms with Gasteiger partial charge in [0.1, 0.15) is 28.1 Å². The molecule has 0 bridgehead atoms. The Bertz CT molecular complexity index is 582. The summed E-state index contributed by atoms with van der Waals surface area (Å²) < 4.78 is 18.2. The molecule has 0 amide bonds. The standard InChI is InChI=1S/C12H10FNO3S/c1-7-11(12(15)16)18-10(14-7)6-17-9-4-2-3-8(13)5-9/h2-5H,6H2,1H3,(H,15,16). The van der Waals surface area contributed by atoms with Crippen LogP contribution in [0.5, 0.6) is 5.75 Å². The normalized spacial score (nSPS) is 10.3. The van der Waals surface area contributed by atoms with Crippen LogP contribution in [0.4, 0.5) is 4.39 Å². The summed E-state index contributed by atoms with van der Waals surface area (Å²) in [4.78, 5) is 15.1. The Morgan fingerprint density at radius 2 is 2.33 bits per heavy atom. The van der Waals surface area contributed by atoms with Crippen molar-refractivity contribution < 1.29 is 19.0 Å². The Balaban J connectivity index is 2.06. The van der Waals surface area contributed by atoms with Gasteiger partial charge in [-0.15, -0.1) is 11.3 Å². The number of carboxylic acids is 1. The van der Waals surface area contributed by atoms with Gasteiger partial charge in [-0.2, -0.15) is 0 Å². The van der Waals surface area contributed by atoms with Gasteiger partial charge in [0.05, 0.1) is 5.69 Å². The Morgan fingerprint density at radius 1 is 1.56 bits per heavy atom. The van der Waals surface area contributed by atoms with Crippen LogP contribution in [-0.2, 0) is 6.61 Å². The molecule has 0 aliphatic heterocycles. The first-order valence-electron chi connectivity index (χ1n) is 5.14. The van der Waals surface area contributed by atoms with Crippen LogP contribution in [0, 0.1) is 12.7 Å². The van der Waals surface area contributed by atoms with Gasteiger partial charge in [0.25, 0.3) is 0 Å². The number of thiazole rings is 1. The van der Waals surface area contributed by atoms with Crippen molar-refractivity contribution >= 4 is 17.3 Å². The summed E-state index contributed by atoms with van der Waals surface area (Å²) in [6.07, 6.45) is 0. The lowest BCUT2D eigenvalue weighted by atomic mass is 10.3. The molecule has 0 radical (unpaired) electrons. The van der Waals surface area contributed by atoms with E-state index in [4.69, 9.17) is 9.84 Å². The largest absolute Gasteiger partial charge is 0.486 e. The Kier molecular flexibility index (Phi) is 3.57. The zero-order valence-corrected chi connectivity index (χ0v) is 10.3. The fourth-order valence-corrected chi connectivity index (χ4v) is 2.23. The lowest BCUT2D eigenvalue weighted by Crippen LogP contribution is -1.95. The van der Waals surface area contributed by atoms with Gasteiger partial charge in [-0.1, -0.05) is 6.07 Å². The molecule has 0 fully saturated rings. The van der Waals surface area contributed by atoms with E-state index in [2.05, 4.69) is 4.98 Å². The fraction of sp³-hybridized carbons (Fsp3) is 0.167. The number of hydrogen-bond acceptors (Lipinski definition) is 4. The van der Waals surface area contributed by atoms with Crippen molar-refractivity contribution in [2.45, 2.75) is 13.5 Å². The number of aromatic carboxylic acids is 1. The van der Waals surface area contributed by atoms with Gasteiger partial charge in [-0.3, -0.25) is 0 Å². The molecule has 1 heterocycles. The molecule has 4 nitrogen and oxygen atoms in total. The van der Waals surface area contributed by atoms with E-state index in [9.17, 15) is 9.18 Å². The van der Waals surface area contributed by atoms with Crippen molar-refractivity contribution in [3.8, 4) is 5.75 Å². The van der Waals surface area contributed by atoms with E-state index in [0.29, 0.717) is 16.5 Å². The minimum absolute atomic E-state index is 0.127. The van der Waals surface area contributed by atoms with Crippen molar-refractivity contribution in [1.29, 1.82) is 0 Å². The van der Waals surface area contributed by atoms with Gasteiger partial charge in [-0.25, -0.2) is 14.2 Å². The summed E-state index contributed by atoms with van der Waals surface area (Å²) in [5.74, 6) is -0.990. The molecule has 1 aromatic heterocycles. The maximum absolute atomic E-state index is 12.9. The third kappa shape index (κ3) is 2.84. The predicted octanol–water partition coefficient (Wildman–Crippen LogP) is 2.87. The van der Waals surface area contributed by atoms with E-state index in [1.807, 2.05) is 0 Å². The van der Waals surface area contributed by atoms with Crippen molar-refractivity contribution in [3.63, 3.8) is 0 Å². The number of ether oxygens (including phenoxy) is 1. The molecule has 0 aliphatic rings. The van der Waals surface area contributed by atoms with Gasteiger partial charge in [0.15, 0.2) is 0 Å². The van der Waals surface area contributed by atoms with Crippen molar-refractivity contribution in [3.05, 3.63) is 45.7 Å². The number of halogens is 1. The highest BCUT2D eigenvalue weighted by Gasteiger charge is 2.14. The summed E-state index contributed by atoms with van der Waals surface area (Å²) in [6, 6.07) is 5.75. The van der Waals surface area contributed by atoms with Gasteiger partial charge in [0.2, 0.25) is 0 Å². The summed E-state index contributed by atoms with van der Waals surface area (Å²) in [5.41, 5.74) is 0.463. The van der Waals surface area contributed by atoms with E-state index in [1.165, 1.54) is 12.1 Å². The molecule has 94 valence electrons. The number of nitrogens with zero attached hydrogens (tertiary/aromatic N) is 1. The number of benzene rings is 1. The van der Waals surface area contributed by atoms with Crippen molar-refractivity contribution in [2.75, 3.05) is 0 Å². The third-order valence-corrected chi connectivity index (χ3v) is 3.31. The fourth-order valence-electron chi connectivity index (χ4n) is 1.41. The molecular formula is C12H10FNO3S. The number of aryl methyl sites for hydroxylation is 1. The third-order valence-electron chi connectivity index (χ3n) is 2.19. The molecular weight excluding hydrogens is 257 g/mol. The van der Waals surface area contributed by atoms with Crippen LogP contribution < -0.4 is 4.74 Å². The van der Waals surface area contributed by atoms with E-state index >= 15 is 0 Å². The quantitative estimate of drug-likeness (QED) is 0.925. The Morgan fingerprint density at radius 3 is 2.94 bits per heavy atom. The highest BCUT2D eigenvalue weighted by atomic mass is 32.1. The van der Waals surface area contributed by atoms with Crippen molar-refractivity contribution in [1.82, 2.24) is 4.98 Å². The minimum atomic E-state index is -0.998. The number of rotatable bonds is 4. The summed E-state index contributed by atoms with van der Waals surface area (Å²) in [5, 5.41) is 9.43. The molecule has 18 heavy (non-hydrogen) atoms. The SMILES string of the molecule is Cc1nc(COc2cccc(F)c2)sc1C(=O)O. The van der Waals surface area contributed by atoms with Crippen LogP contribution >= 0.6 is 11.3 Å². The van der Waals surface area contributed by atoms with Crippen LogP contribution in [0.25, 0.3) is 0 Å². The molecule has 1 N–H and O–H groups in total. The molecule has 0 aliphatic carbocycles. The second kappa shape index (κ2) is 5.14. The zero-order valence-electron chi connectivity index (χ0n) is 9.51. The second-order valence-electron chi connectivity index (χ2n) is 3.57. The zero-order chi connectivity index (χ0) is 13.1. The van der Waals surface area contributed by atoms with Crippen LogP contribution in [0.1, 0.15) is 20.4 Å². The van der Waals surface area contributed by atoms with E-state index in [1.54, 1.807) is 19.1 Å². The lowest BCUT2D eigenvalue weighted by molar-refractivity contribution is 0.0701. The van der Waals surface area contributed by atoms with Gasteiger partial charge in [0, 0.05) is 6.07 Å². The smallest absolute Gasteiger partial charge is 0.347 e. The molecule has 0 saturated carbocycles.